The summed E-state index contributed by atoms with van der Waals surface area (Å²) in [6, 6.07) is 32.9. The molecule has 1 fully saturated rings. The van der Waals surface area contributed by atoms with Crippen LogP contribution in [0, 0.1) is 22.7 Å². The minimum atomic E-state index is -1.10. The van der Waals surface area contributed by atoms with Crippen molar-refractivity contribution in [3.8, 4) is 23.6 Å². The molecule has 0 saturated carbocycles. The van der Waals surface area contributed by atoms with E-state index in [4.69, 9.17) is 28.4 Å². The molecule has 0 unspecified atom stereocenters. The zero-order valence-corrected chi connectivity index (χ0v) is 44.5. The Kier molecular flexibility index (Phi) is 17.7. The van der Waals surface area contributed by atoms with Crippen LogP contribution in [-0.4, -0.2) is 84.1 Å². The molecule has 2 amide bonds. The number of nitriles is 2. The van der Waals surface area contributed by atoms with Gasteiger partial charge in [0.2, 0.25) is 0 Å². The second kappa shape index (κ2) is 24.9. The molecule has 0 N–H and O–H groups in total. The van der Waals surface area contributed by atoms with Gasteiger partial charge in [0.25, 0.3) is 11.8 Å². The highest BCUT2D eigenvalue weighted by atomic mass is 32.2. The molecule has 0 bridgehead atoms. The van der Waals surface area contributed by atoms with E-state index < -0.39 is 47.6 Å². The second-order valence-corrected chi connectivity index (χ2v) is 21.2. The van der Waals surface area contributed by atoms with Crippen LogP contribution in [0.5, 0.6) is 11.5 Å². The topological polar surface area (TPSA) is 246 Å². The number of allylic oxidation sites excluding steroid dienone is 1. The van der Waals surface area contributed by atoms with E-state index in [-0.39, 0.29) is 124 Å². The normalized spacial score (nSPS) is 13.2. The van der Waals surface area contributed by atoms with Crippen LogP contribution < -0.4 is 9.47 Å². The van der Waals surface area contributed by atoms with Gasteiger partial charge in [-0.1, -0.05) is 145 Å². The highest BCUT2D eigenvalue weighted by molar-refractivity contribution is 8.26. The molecule has 3 aliphatic rings. The number of ether oxygens (including phenoxy) is 6. The summed E-state index contributed by atoms with van der Waals surface area (Å²) >= 11 is 3.38. The van der Waals surface area contributed by atoms with Gasteiger partial charge in [0, 0.05) is 11.1 Å². The SMILES string of the molecule is C=C(C)C(=O)OCCOC(=O)c1ccccc1C(=O)Oc1c2c(c(OC(=O)c3ccccc3C(=O)OCCOC(=O)C(=C)C)c3c1SC(=C1C(=O)N(Cc4ccccc4)N(Cc4ccccc4)C1=O)S3)SC(=C(C#N)C#N)S2. The summed E-state index contributed by atoms with van der Waals surface area (Å²) in [5, 5.41) is 22.8. The van der Waals surface area contributed by atoms with E-state index in [0.717, 1.165) is 58.2 Å². The Morgan fingerprint density at radius 3 is 1.18 bits per heavy atom. The lowest BCUT2D eigenvalue weighted by Crippen LogP contribution is -2.39. The molecule has 5 aromatic rings. The molecule has 18 nitrogen and oxygen atoms in total. The summed E-state index contributed by atoms with van der Waals surface area (Å²) in [6.45, 7) is 8.55. The third-order valence-electron chi connectivity index (χ3n) is 11.1. The maximum atomic E-state index is 14.8. The van der Waals surface area contributed by atoms with Gasteiger partial charge < -0.3 is 28.4 Å². The fourth-order valence-corrected chi connectivity index (χ4v) is 12.7. The average Bonchev–Trinajstić information content (AvgIpc) is 4.17. The van der Waals surface area contributed by atoms with Crippen molar-refractivity contribution in [2.45, 2.75) is 46.5 Å². The lowest BCUT2D eigenvalue weighted by atomic mass is 10.1. The number of carbonyl (C=O) groups is 8. The summed E-state index contributed by atoms with van der Waals surface area (Å²) in [5.74, 6) is -7.31. The van der Waals surface area contributed by atoms with Crippen LogP contribution in [0.4, 0.5) is 0 Å². The fourth-order valence-electron chi connectivity index (χ4n) is 7.39. The van der Waals surface area contributed by atoms with Crippen LogP contribution in [-0.2, 0) is 51.2 Å². The van der Waals surface area contributed by atoms with Gasteiger partial charge in [-0.2, -0.15) is 10.5 Å². The lowest BCUT2D eigenvalue weighted by molar-refractivity contribution is -0.149. The first-order chi connectivity index (χ1) is 37.6. The molecule has 0 aromatic heterocycles. The Morgan fingerprint density at radius 2 is 0.821 bits per heavy atom. The van der Waals surface area contributed by atoms with Crippen molar-refractivity contribution in [3.63, 3.8) is 0 Å². The number of hydrogen-bond donors (Lipinski definition) is 0. The van der Waals surface area contributed by atoms with Gasteiger partial charge in [-0.3, -0.25) is 9.59 Å². The van der Waals surface area contributed by atoms with Gasteiger partial charge in [-0.05, 0) is 49.2 Å². The Hall–Kier alpha value is -8.80. The first-order valence-corrected chi connectivity index (χ1v) is 26.4. The number of carbonyl (C=O) groups excluding carboxylic acids is 8. The van der Waals surface area contributed by atoms with Crippen LogP contribution in [0.2, 0.25) is 0 Å². The summed E-state index contributed by atoms with van der Waals surface area (Å²) in [5.41, 5.74) is 0.0690. The molecule has 8 rings (SSSR count). The number of thioether (sulfide) groups is 4. The van der Waals surface area contributed by atoms with E-state index in [1.54, 1.807) is 24.3 Å². The maximum Gasteiger partial charge on any atom is 0.344 e. The lowest BCUT2D eigenvalue weighted by Gasteiger charge is -2.27. The first kappa shape index (κ1) is 55.4. The Bertz CT molecular complexity index is 3310. The second-order valence-electron chi connectivity index (χ2n) is 16.6. The number of esters is 6. The fraction of sp³-hybridized carbons (Fsp3) is 0.143. The summed E-state index contributed by atoms with van der Waals surface area (Å²) in [6.07, 6.45) is 0. The third-order valence-corrected chi connectivity index (χ3v) is 16.3. The minimum absolute atomic E-state index is 0.00279. The van der Waals surface area contributed by atoms with Crippen molar-refractivity contribution in [3.05, 3.63) is 186 Å². The molecule has 78 heavy (non-hydrogen) atoms. The van der Waals surface area contributed by atoms with E-state index in [1.165, 1.54) is 72.4 Å². The summed E-state index contributed by atoms with van der Waals surface area (Å²) < 4.78 is 33.4. The Morgan fingerprint density at radius 1 is 0.487 bits per heavy atom. The van der Waals surface area contributed by atoms with Crippen LogP contribution in [0.25, 0.3) is 0 Å². The minimum Gasteiger partial charge on any atom is -0.459 e. The van der Waals surface area contributed by atoms with Crippen molar-refractivity contribution in [2.75, 3.05) is 26.4 Å². The molecular formula is C56H40N4O14S4. The van der Waals surface area contributed by atoms with Gasteiger partial charge >= 0.3 is 35.8 Å². The molecule has 392 valence electrons. The average molecular weight is 1120 g/mol. The van der Waals surface area contributed by atoms with Crippen molar-refractivity contribution in [1.29, 1.82) is 10.5 Å². The van der Waals surface area contributed by atoms with Gasteiger partial charge in [-0.15, -0.1) is 0 Å². The van der Waals surface area contributed by atoms with Crippen molar-refractivity contribution < 1.29 is 66.8 Å². The van der Waals surface area contributed by atoms with Gasteiger partial charge in [-0.25, -0.2) is 38.8 Å². The molecule has 3 heterocycles. The predicted octanol–water partition coefficient (Wildman–Crippen LogP) is 9.53. The maximum absolute atomic E-state index is 14.8. The molecular weight excluding hydrogens is 1080 g/mol. The summed E-state index contributed by atoms with van der Waals surface area (Å²) in [4.78, 5) is 110. The Balaban J connectivity index is 1.23. The number of hydrogen-bond acceptors (Lipinski definition) is 20. The first-order valence-electron chi connectivity index (χ1n) is 23.2. The molecule has 0 radical (unpaired) electrons. The van der Waals surface area contributed by atoms with Crippen LogP contribution in [0.1, 0.15) is 66.4 Å². The highest BCUT2D eigenvalue weighted by Gasteiger charge is 2.47. The number of benzene rings is 5. The summed E-state index contributed by atoms with van der Waals surface area (Å²) in [7, 11) is 0. The molecule has 3 aliphatic heterocycles. The number of fused-ring (bicyclic) bond motifs is 2. The van der Waals surface area contributed by atoms with Crippen molar-refractivity contribution in [1.82, 2.24) is 10.0 Å². The van der Waals surface area contributed by atoms with Crippen LogP contribution in [0.3, 0.4) is 0 Å². The molecule has 0 spiro atoms. The van der Waals surface area contributed by atoms with E-state index >= 15 is 0 Å². The molecule has 0 atom stereocenters. The number of nitrogens with zero attached hydrogens (tertiary/aromatic N) is 4. The molecule has 22 heteroatoms. The Labute approximate surface area is 462 Å². The van der Waals surface area contributed by atoms with Gasteiger partial charge in [0.15, 0.2) is 11.5 Å². The van der Waals surface area contributed by atoms with E-state index in [1.807, 2.05) is 48.5 Å². The van der Waals surface area contributed by atoms with Gasteiger partial charge in [0.1, 0.15) is 49.7 Å². The molecule has 0 aliphatic carbocycles. The largest absolute Gasteiger partial charge is 0.459 e. The van der Waals surface area contributed by atoms with Crippen molar-refractivity contribution in [2.24, 2.45) is 0 Å². The predicted molar refractivity (Wildman–Crippen MR) is 284 cm³/mol. The smallest absolute Gasteiger partial charge is 0.344 e. The van der Waals surface area contributed by atoms with Crippen LogP contribution >= 0.6 is 47.0 Å². The number of rotatable bonds is 18. The van der Waals surface area contributed by atoms with E-state index in [9.17, 15) is 48.9 Å². The monoisotopic (exact) mass is 1120 g/mol. The molecule has 5 aromatic carbocycles. The third kappa shape index (κ3) is 12.2. The quantitative estimate of drug-likeness (QED) is 0.0151. The van der Waals surface area contributed by atoms with Crippen molar-refractivity contribution >= 4 is 94.7 Å². The number of hydrazine groups is 1. The highest BCUT2D eigenvalue weighted by Crippen LogP contribution is 2.69. The zero-order chi connectivity index (χ0) is 55.6. The molecule has 1 saturated heterocycles. The number of amides is 2. The zero-order valence-electron chi connectivity index (χ0n) is 41.2. The van der Waals surface area contributed by atoms with E-state index in [2.05, 4.69) is 13.2 Å². The van der Waals surface area contributed by atoms with E-state index in [0.29, 0.717) is 0 Å². The standard InChI is InChI=1S/C56H40N4O14S4/c1-31(2)49(63)69-23-25-71-51(65)36-19-11-13-21-38(36)53(67)73-41-43-44(76-55(75-43)35(27-57)28-58)42(74-54(68)39-22-14-12-20-37(39)52(66)72-26-24-70-50(64)32(3)4)46-45(41)77-56(78-46)40-47(61)59(29-33-15-7-5-8-16-33)60(48(40)62)30-34-17-9-6-10-18-34/h5-22H,1,3,23-26,29-30H2,2,4H3. The van der Waals surface area contributed by atoms with Crippen LogP contribution in [0.15, 0.2) is 173 Å². The van der Waals surface area contributed by atoms with Gasteiger partial charge in [0.05, 0.1) is 63.4 Å².